The summed E-state index contributed by atoms with van der Waals surface area (Å²) in [4.78, 5) is 10.5. The molecule has 0 bridgehead atoms. The third-order valence-corrected chi connectivity index (χ3v) is 3.07. The van der Waals surface area contributed by atoms with Gasteiger partial charge in [0.15, 0.2) is 0 Å². The van der Waals surface area contributed by atoms with Gasteiger partial charge < -0.3 is 15.0 Å². The molecule has 0 unspecified atom stereocenters. The van der Waals surface area contributed by atoms with Crippen LogP contribution in [0.3, 0.4) is 0 Å². The van der Waals surface area contributed by atoms with Crippen LogP contribution in [0.1, 0.15) is 5.69 Å². The van der Waals surface area contributed by atoms with E-state index in [1.165, 1.54) is 0 Å². The van der Waals surface area contributed by atoms with Crippen molar-refractivity contribution in [3.8, 4) is 5.75 Å². The number of rotatable bonds is 6. The zero-order valence-corrected chi connectivity index (χ0v) is 13.2. The second-order valence-corrected chi connectivity index (χ2v) is 5.35. The quantitative estimate of drug-likeness (QED) is 0.888. The monoisotopic (exact) mass is 306 g/mol. The van der Waals surface area contributed by atoms with Crippen molar-refractivity contribution in [2.75, 3.05) is 32.6 Å². The molecule has 2 rings (SSSR count). The number of anilines is 2. The molecule has 0 aliphatic heterocycles. The molecule has 0 atom stereocenters. The number of benzene rings is 1. The lowest BCUT2D eigenvalue weighted by Crippen LogP contribution is -2.19. The summed E-state index contributed by atoms with van der Waals surface area (Å²) >= 11 is 6.22. The number of aromatic nitrogens is 2. The van der Waals surface area contributed by atoms with Gasteiger partial charge in [0, 0.05) is 24.1 Å². The van der Waals surface area contributed by atoms with E-state index in [0.717, 1.165) is 17.9 Å². The molecule has 0 spiro atoms. The molecule has 0 amide bonds. The minimum absolute atomic E-state index is 0.548. The van der Waals surface area contributed by atoms with Crippen molar-refractivity contribution in [3.63, 3.8) is 0 Å². The number of ether oxygens (including phenoxy) is 1. The highest BCUT2D eigenvalue weighted by molar-refractivity contribution is 6.32. The molecule has 0 aliphatic rings. The third-order valence-electron chi connectivity index (χ3n) is 2.78. The molecule has 5 nitrogen and oxygen atoms in total. The Hall–Kier alpha value is -1.85. The molecule has 0 saturated heterocycles. The summed E-state index contributed by atoms with van der Waals surface area (Å²) in [6, 6.07) is 7.39. The van der Waals surface area contributed by atoms with Crippen molar-refractivity contribution in [2.45, 2.75) is 6.92 Å². The van der Waals surface area contributed by atoms with Gasteiger partial charge in [0.1, 0.15) is 12.4 Å². The summed E-state index contributed by atoms with van der Waals surface area (Å²) in [5.74, 6) is 1.22. The summed E-state index contributed by atoms with van der Waals surface area (Å²) in [5, 5.41) is 3.68. The van der Waals surface area contributed by atoms with Crippen LogP contribution in [-0.2, 0) is 0 Å². The number of nitrogens with zero attached hydrogens (tertiary/aromatic N) is 3. The molecule has 0 fully saturated rings. The van der Waals surface area contributed by atoms with Gasteiger partial charge in [-0.05, 0) is 45.3 Å². The van der Waals surface area contributed by atoms with E-state index in [0.29, 0.717) is 23.3 Å². The van der Waals surface area contributed by atoms with Gasteiger partial charge in [-0.15, -0.1) is 0 Å². The number of aryl methyl sites for hydroxylation is 1. The molecule has 6 heteroatoms. The van der Waals surface area contributed by atoms with Gasteiger partial charge in [0.25, 0.3) is 0 Å². The van der Waals surface area contributed by atoms with E-state index in [9.17, 15) is 0 Å². The van der Waals surface area contributed by atoms with E-state index in [-0.39, 0.29) is 0 Å². The van der Waals surface area contributed by atoms with Crippen molar-refractivity contribution < 1.29 is 4.74 Å². The average Bonchev–Trinajstić information content (AvgIpc) is 2.41. The summed E-state index contributed by atoms with van der Waals surface area (Å²) in [6.45, 7) is 3.36. The summed E-state index contributed by atoms with van der Waals surface area (Å²) < 4.78 is 5.64. The predicted molar refractivity (Wildman–Crippen MR) is 85.6 cm³/mol. The summed E-state index contributed by atoms with van der Waals surface area (Å²) in [6.07, 6.45) is 1.71. The van der Waals surface area contributed by atoms with Crippen molar-refractivity contribution >= 4 is 23.2 Å². The first-order chi connectivity index (χ1) is 10.0. The highest BCUT2D eigenvalue weighted by Crippen LogP contribution is 2.28. The smallest absolute Gasteiger partial charge is 0.227 e. The Bertz CT molecular complexity index is 604. The van der Waals surface area contributed by atoms with Crippen LogP contribution in [0.5, 0.6) is 5.75 Å². The van der Waals surface area contributed by atoms with Gasteiger partial charge in [0.05, 0.1) is 5.02 Å². The summed E-state index contributed by atoms with van der Waals surface area (Å²) in [5.41, 5.74) is 1.73. The lowest BCUT2D eigenvalue weighted by atomic mass is 10.3. The molecule has 1 heterocycles. The van der Waals surface area contributed by atoms with E-state index in [2.05, 4.69) is 20.2 Å². The topological polar surface area (TPSA) is 50.3 Å². The standard InChI is InChI=1S/C15H19ClN4O/c1-11-6-7-17-15(18-11)19-12-4-5-14(13(16)10-12)21-9-8-20(2)3/h4-7,10H,8-9H2,1-3H3,(H,17,18,19). The largest absolute Gasteiger partial charge is 0.491 e. The summed E-state index contributed by atoms with van der Waals surface area (Å²) in [7, 11) is 4.00. The van der Waals surface area contributed by atoms with Crippen molar-refractivity contribution in [1.29, 1.82) is 0 Å². The fourth-order valence-corrected chi connectivity index (χ4v) is 1.91. The normalized spacial score (nSPS) is 10.7. The van der Waals surface area contributed by atoms with Crippen molar-refractivity contribution in [1.82, 2.24) is 14.9 Å². The lowest BCUT2D eigenvalue weighted by molar-refractivity contribution is 0.261. The third kappa shape index (κ3) is 4.88. The first kappa shape index (κ1) is 15.5. The average molecular weight is 307 g/mol. The van der Waals surface area contributed by atoms with E-state index in [1.807, 2.05) is 39.2 Å². The van der Waals surface area contributed by atoms with Crippen LogP contribution in [0.2, 0.25) is 5.02 Å². The molecule has 1 aromatic carbocycles. The van der Waals surface area contributed by atoms with E-state index in [4.69, 9.17) is 16.3 Å². The van der Waals surface area contributed by atoms with Gasteiger partial charge >= 0.3 is 0 Å². The molecule has 0 radical (unpaired) electrons. The number of likely N-dealkylation sites (N-methyl/N-ethyl adjacent to an activating group) is 1. The number of halogens is 1. The van der Waals surface area contributed by atoms with E-state index in [1.54, 1.807) is 12.3 Å². The van der Waals surface area contributed by atoms with Crippen molar-refractivity contribution in [3.05, 3.63) is 41.2 Å². The number of nitrogens with one attached hydrogen (secondary N) is 1. The Balaban J connectivity index is 2.01. The first-order valence-electron chi connectivity index (χ1n) is 6.68. The van der Waals surface area contributed by atoms with E-state index >= 15 is 0 Å². The molecule has 0 saturated carbocycles. The molecule has 1 N–H and O–H groups in total. The van der Waals surface area contributed by atoms with Crippen molar-refractivity contribution in [2.24, 2.45) is 0 Å². The Morgan fingerprint density at radius 2 is 2.10 bits per heavy atom. The van der Waals surface area contributed by atoms with Gasteiger partial charge in [0.2, 0.25) is 5.95 Å². The molecule has 0 aliphatic carbocycles. The molecule has 21 heavy (non-hydrogen) atoms. The molecule has 112 valence electrons. The minimum Gasteiger partial charge on any atom is -0.491 e. The first-order valence-corrected chi connectivity index (χ1v) is 7.06. The highest BCUT2D eigenvalue weighted by Gasteiger charge is 2.05. The molecular weight excluding hydrogens is 288 g/mol. The maximum atomic E-state index is 6.22. The Morgan fingerprint density at radius 3 is 2.76 bits per heavy atom. The fourth-order valence-electron chi connectivity index (χ4n) is 1.67. The van der Waals surface area contributed by atoms with Gasteiger partial charge in [-0.25, -0.2) is 9.97 Å². The van der Waals surface area contributed by atoms with Gasteiger partial charge in [-0.2, -0.15) is 0 Å². The minimum atomic E-state index is 0.548. The molecular formula is C15H19ClN4O. The maximum Gasteiger partial charge on any atom is 0.227 e. The molecule has 2 aromatic rings. The zero-order valence-electron chi connectivity index (χ0n) is 12.4. The van der Waals surface area contributed by atoms with Crippen LogP contribution in [0, 0.1) is 6.92 Å². The SMILES string of the molecule is Cc1ccnc(Nc2ccc(OCCN(C)C)c(Cl)c2)n1. The van der Waals surface area contributed by atoms with Crippen LogP contribution in [-0.4, -0.2) is 42.1 Å². The number of hydrogen-bond acceptors (Lipinski definition) is 5. The van der Waals surface area contributed by atoms with E-state index < -0.39 is 0 Å². The van der Waals surface area contributed by atoms with Crippen LogP contribution < -0.4 is 10.1 Å². The predicted octanol–water partition coefficient (Wildman–Crippen LogP) is 3.12. The Labute approximate surface area is 129 Å². The van der Waals surface area contributed by atoms with Crippen LogP contribution in [0.4, 0.5) is 11.6 Å². The van der Waals surface area contributed by atoms with Crippen LogP contribution in [0.25, 0.3) is 0 Å². The van der Waals surface area contributed by atoms with Crippen LogP contribution in [0.15, 0.2) is 30.5 Å². The lowest BCUT2D eigenvalue weighted by Gasteiger charge is -2.13. The Morgan fingerprint density at radius 1 is 1.29 bits per heavy atom. The fraction of sp³-hybridized carbons (Fsp3) is 0.333. The maximum absolute atomic E-state index is 6.22. The number of hydrogen-bond donors (Lipinski definition) is 1. The second-order valence-electron chi connectivity index (χ2n) is 4.94. The second kappa shape index (κ2) is 7.24. The van der Waals surface area contributed by atoms with Gasteiger partial charge in [-0.1, -0.05) is 11.6 Å². The molecule has 1 aromatic heterocycles. The highest BCUT2D eigenvalue weighted by atomic mass is 35.5. The van der Waals surface area contributed by atoms with Crippen LogP contribution >= 0.6 is 11.6 Å². The van der Waals surface area contributed by atoms with Gasteiger partial charge in [-0.3, -0.25) is 0 Å². The zero-order chi connectivity index (χ0) is 15.2. The Kier molecular flexibility index (Phi) is 5.36.